The average Bonchev–Trinajstić information content (AvgIpc) is 2.95. The van der Waals surface area contributed by atoms with Gasteiger partial charge in [0.05, 0.1) is 11.8 Å². The van der Waals surface area contributed by atoms with E-state index in [9.17, 15) is 14.4 Å². The Morgan fingerprint density at radius 1 is 0.718 bits per heavy atom. The van der Waals surface area contributed by atoms with Gasteiger partial charge in [-0.15, -0.1) is 0 Å². The monoisotopic (exact) mass is 546 g/mol. The fourth-order valence-electron chi connectivity index (χ4n) is 3.93. The Hall–Kier alpha value is -3.58. The molecule has 0 aliphatic rings. The number of carbonyl (C=O) groups is 3. The minimum absolute atomic E-state index is 0.0360. The summed E-state index contributed by atoms with van der Waals surface area (Å²) in [7, 11) is 0. The van der Waals surface area contributed by atoms with Crippen molar-refractivity contribution in [1.82, 2.24) is 10.6 Å². The molecule has 3 aromatic rings. The number of rotatable bonds is 15. The molecule has 0 aliphatic carbocycles. The first-order valence-electron chi connectivity index (χ1n) is 13.4. The second kappa shape index (κ2) is 16.4. The zero-order valence-corrected chi connectivity index (χ0v) is 23.5. The molecular formula is C32H38N2O4S. The molecule has 0 unspecified atom stereocenters. The van der Waals surface area contributed by atoms with Crippen molar-refractivity contribution < 1.29 is 19.1 Å². The third-order valence-electron chi connectivity index (χ3n) is 6.18. The van der Waals surface area contributed by atoms with Crippen LogP contribution >= 0.6 is 11.8 Å². The van der Waals surface area contributed by atoms with Crippen LogP contribution in [0.3, 0.4) is 0 Å². The maximum absolute atomic E-state index is 13.5. The summed E-state index contributed by atoms with van der Waals surface area (Å²) < 4.78 is 5.38. The molecule has 2 N–H and O–H groups in total. The quantitative estimate of drug-likeness (QED) is 0.243. The highest BCUT2D eigenvalue weighted by molar-refractivity contribution is 7.99. The van der Waals surface area contributed by atoms with Crippen molar-refractivity contribution in [2.24, 2.45) is 5.92 Å². The number of amides is 2. The average molecular weight is 547 g/mol. The van der Waals surface area contributed by atoms with Gasteiger partial charge >= 0.3 is 6.09 Å². The number of ketones is 1. The first-order valence-corrected chi connectivity index (χ1v) is 14.5. The molecular weight excluding hydrogens is 508 g/mol. The van der Waals surface area contributed by atoms with E-state index in [0.29, 0.717) is 18.1 Å². The van der Waals surface area contributed by atoms with Gasteiger partial charge in [0.1, 0.15) is 12.6 Å². The molecule has 3 rings (SSSR count). The molecule has 2 atom stereocenters. The van der Waals surface area contributed by atoms with E-state index in [0.717, 1.165) is 28.9 Å². The zero-order valence-electron chi connectivity index (χ0n) is 22.7. The molecule has 3 aromatic carbocycles. The SMILES string of the molecule is CC(C)CCSCC(=O)[C@H](Cc1ccccc1)NC(=O)[C@H](Cc1ccccc1)NC(=O)OCc1ccccc1. The van der Waals surface area contributed by atoms with Gasteiger partial charge < -0.3 is 15.4 Å². The topological polar surface area (TPSA) is 84.5 Å². The van der Waals surface area contributed by atoms with Gasteiger partial charge in [-0.2, -0.15) is 11.8 Å². The molecule has 0 saturated carbocycles. The molecule has 0 fully saturated rings. The number of benzene rings is 3. The predicted octanol–water partition coefficient (Wildman–Crippen LogP) is 5.60. The lowest BCUT2D eigenvalue weighted by molar-refractivity contribution is -0.128. The number of ether oxygens (including phenoxy) is 1. The second-order valence-electron chi connectivity index (χ2n) is 9.90. The molecule has 206 valence electrons. The largest absolute Gasteiger partial charge is 0.445 e. The highest BCUT2D eigenvalue weighted by Crippen LogP contribution is 2.13. The number of carbonyl (C=O) groups excluding carboxylic acids is 3. The fourth-order valence-corrected chi connectivity index (χ4v) is 5.11. The Morgan fingerprint density at radius 2 is 1.23 bits per heavy atom. The number of alkyl carbamates (subject to hydrolysis) is 1. The smallest absolute Gasteiger partial charge is 0.408 e. The first kappa shape index (κ1) is 30.0. The molecule has 7 heteroatoms. The molecule has 0 heterocycles. The first-order chi connectivity index (χ1) is 18.9. The zero-order chi connectivity index (χ0) is 27.9. The van der Waals surface area contributed by atoms with E-state index in [1.165, 1.54) is 0 Å². The normalized spacial score (nSPS) is 12.4. The maximum Gasteiger partial charge on any atom is 0.408 e. The van der Waals surface area contributed by atoms with E-state index in [-0.39, 0.29) is 18.8 Å². The summed E-state index contributed by atoms with van der Waals surface area (Å²) in [5.41, 5.74) is 2.69. The van der Waals surface area contributed by atoms with E-state index in [1.54, 1.807) is 11.8 Å². The summed E-state index contributed by atoms with van der Waals surface area (Å²) in [6.07, 6.45) is 0.988. The summed E-state index contributed by atoms with van der Waals surface area (Å²) in [5, 5.41) is 5.66. The van der Waals surface area contributed by atoms with Gasteiger partial charge in [0, 0.05) is 6.42 Å². The van der Waals surface area contributed by atoms with Gasteiger partial charge in [0.25, 0.3) is 0 Å². The molecule has 0 saturated heterocycles. The lowest BCUT2D eigenvalue weighted by atomic mass is 10.0. The lowest BCUT2D eigenvalue weighted by Crippen LogP contribution is -2.53. The highest BCUT2D eigenvalue weighted by Gasteiger charge is 2.27. The van der Waals surface area contributed by atoms with Crippen LogP contribution in [0.1, 0.15) is 37.0 Å². The summed E-state index contributed by atoms with van der Waals surface area (Å²) in [4.78, 5) is 39.5. The van der Waals surface area contributed by atoms with Crippen LogP contribution in [0, 0.1) is 5.92 Å². The molecule has 0 aliphatic heterocycles. The standard InChI is InChI=1S/C32H38N2O4S/c1-24(2)18-19-39-23-30(35)28(20-25-12-6-3-7-13-25)33-31(36)29(21-26-14-8-4-9-15-26)34-32(37)38-22-27-16-10-5-11-17-27/h3-17,24,28-29H,18-23H2,1-2H3,(H,33,36)(H,34,37)/t28-,29-/m0/s1. The number of thioether (sulfide) groups is 1. The Bertz CT molecular complexity index is 1160. The Labute approximate surface area is 235 Å². The number of Topliss-reactive ketones (excluding diaryl/α,β-unsaturated/α-hetero) is 1. The van der Waals surface area contributed by atoms with Crippen molar-refractivity contribution in [3.05, 3.63) is 108 Å². The van der Waals surface area contributed by atoms with E-state index in [2.05, 4.69) is 24.5 Å². The highest BCUT2D eigenvalue weighted by atomic mass is 32.2. The molecule has 39 heavy (non-hydrogen) atoms. The Morgan fingerprint density at radius 3 is 1.77 bits per heavy atom. The predicted molar refractivity (Wildman–Crippen MR) is 158 cm³/mol. The van der Waals surface area contributed by atoms with Crippen molar-refractivity contribution in [2.45, 2.75) is 51.8 Å². The third kappa shape index (κ3) is 11.4. The minimum atomic E-state index is -0.907. The van der Waals surface area contributed by atoms with E-state index in [4.69, 9.17) is 4.74 Å². The molecule has 0 aromatic heterocycles. The summed E-state index contributed by atoms with van der Waals surface area (Å²) in [6.45, 7) is 4.41. The number of hydrogen-bond donors (Lipinski definition) is 2. The van der Waals surface area contributed by atoms with Crippen molar-refractivity contribution >= 4 is 29.5 Å². The van der Waals surface area contributed by atoms with Gasteiger partial charge in [-0.3, -0.25) is 9.59 Å². The lowest BCUT2D eigenvalue weighted by Gasteiger charge is -2.23. The van der Waals surface area contributed by atoms with Crippen molar-refractivity contribution in [3.63, 3.8) is 0 Å². The molecule has 2 amide bonds. The minimum Gasteiger partial charge on any atom is -0.445 e. The van der Waals surface area contributed by atoms with Gasteiger partial charge in [0.15, 0.2) is 5.78 Å². The number of hydrogen-bond acceptors (Lipinski definition) is 5. The van der Waals surface area contributed by atoms with Crippen LogP contribution in [0.2, 0.25) is 0 Å². The van der Waals surface area contributed by atoms with E-state index in [1.807, 2.05) is 91.0 Å². The summed E-state index contributed by atoms with van der Waals surface area (Å²) in [5.74, 6) is 1.32. The summed E-state index contributed by atoms with van der Waals surface area (Å²) >= 11 is 1.59. The van der Waals surface area contributed by atoms with Crippen LogP contribution in [0.25, 0.3) is 0 Å². The van der Waals surface area contributed by atoms with E-state index < -0.39 is 24.1 Å². The van der Waals surface area contributed by atoms with Crippen LogP contribution in [0.15, 0.2) is 91.0 Å². The molecule has 0 radical (unpaired) electrons. The van der Waals surface area contributed by atoms with Crippen LogP contribution < -0.4 is 10.6 Å². The molecule has 6 nitrogen and oxygen atoms in total. The van der Waals surface area contributed by atoms with Gasteiger partial charge in [-0.25, -0.2) is 4.79 Å². The second-order valence-corrected chi connectivity index (χ2v) is 11.0. The maximum atomic E-state index is 13.5. The Balaban J connectivity index is 1.70. The van der Waals surface area contributed by atoms with E-state index >= 15 is 0 Å². The van der Waals surface area contributed by atoms with Crippen LogP contribution in [0.4, 0.5) is 4.79 Å². The van der Waals surface area contributed by atoms with Crippen molar-refractivity contribution in [2.75, 3.05) is 11.5 Å². The van der Waals surface area contributed by atoms with Gasteiger partial charge in [0.2, 0.25) is 5.91 Å². The molecule has 0 spiro atoms. The van der Waals surface area contributed by atoms with Gasteiger partial charge in [-0.05, 0) is 41.2 Å². The summed E-state index contributed by atoms with van der Waals surface area (Å²) in [6, 6.07) is 26.8. The Kier molecular flexibility index (Phi) is 12.6. The van der Waals surface area contributed by atoms with Gasteiger partial charge in [-0.1, -0.05) is 105 Å². The third-order valence-corrected chi connectivity index (χ3v) is 7.19. The van der Waals surface area contributed by atoms with Crippen LogP contribution in [-0.2, 0) is 33.8 Å². The molecule has 0 bridgehead atoms. The fraction of sp³-hybridized carbons (Fsp3) is 0.344. The van der Waals surface area contributed by atoms with Crippen molar-refractivity contribution in [1.29, 1.82) is 0 Å². The van der Waals surface area contributed by atoms with Crippen molar-refractivity contribution in [3.8, 4) is 0 Å². The van der Waals surface area contributed by atoms with Crippen LogP contribution in [0.5, 0.6) is 0 Å². The van der Waals surface area contributed by atoms with Crippen LogP contribution in [-0.4, -0.2) is 41.4 Å². The number of nitrogens with one attached hydrogen (secondary N) is 2.